The molecule has 3 N–H and O–H groups in total. The van der Waals surface area contributed by atoms with Gasteiger partial charge in [0.25, 0.3) is 0 Å². The average Bonchev–Trinajstić information content (AvgIpc) is 3.09. The van der Waals surface area contributed by atoms with E-state index in [-0.39, 0.29) is 24.5 Å². The van der Waals surface area contributed by atoms with E-state index in [1.165, 1.54) is 6.33 Å². The maximum absolute atomic E-state index is 11.3. The fraction of sp³-hybridized carbons (Fsp3) is 0.583. The van der Waals surface area contributed by atoms with Crippen LogP contribution in [-0.4, -0.2) is 55.8 Å². The smallest absolute Gasteiger partial charge is 0.325 e. The van der Waals surface area contributed by atoms with Gasteiger partial charge in [-0.15, -0.1) is 0 Å². The molecule has 12 heteroatoms. The summed E-state index contributed by atoms with van der Waals surface area (Å²) in [5.41, 5.74) is 6.82. The molecule has 0 aliphatic carbocycles. The number of anilines is 1. The van der Waals surface area contributed by atoms with Crippen molar-refractivity contribution in [3.05, 3.63) is 12.7 Å². The van der Waals surface area contributed by atoms with Crippen molar-refractivity contribution in [3.8, 4) is 0 Å². The Kier molecular flexibility index (Phi) is 5.09. The number of nitrogens with zero attached hydrogens (tertiary/aromatic N) is 4. The highest BCUT2D eigenvalue weighted by molar-refractivity contribution is 7.80. The van der Waals surface area contributed by atoms with Gasteiger partial charge in [-0.25, -0.2) is 15.0 Å². The first kappa shape index (κ1) is 17.6. The molecule has 2 aromatic rings. The number of imidazole rings is 1. The number of nitrogens with two attached hydrogens (primary N) is 1. The monoisotopic (exact) mass is 375 g/mol. The normalized spacial score (nSPS) is 26.7. The van der Waals surface area contributed by atoms with Gasteiger partial charge >= 0.3 is 7.60 Å². The fourth-order valence-electron chi connectivity index (χ4n) is 2.58. The van der Waals surface area contributed by atoms with Crippen molar-refractivity contribution in [3.63, 3.8) is 0 Å². The largest absolute Gasteiger partial charge is 0.382 e. The first-order valence-electron chi connectivity index (χ1n) is 7.15. The van der Waals surface area contributed by atoms with Crippen molar-refractivity contribution in [1.82, 2.24) is 19.5 Å². The van der Waals surface area contributed by atoms with E-state index >= 15 is 0 Å². The Morgan fingerprint density at radius 3 is 3.04 bits per heavy atom. The minimum atomic E-state index is -3.60. The molecule has 1 fully saturated rings. The van der Waals surface area contributed by atoms with E-state index < -0.39 is 19.9 Å². The maximum Gasteiger partial charge on any atom is 0.325 e. The van der Waals surface area contributed by atoms with Gasteiger partial charge in [-0.1, -0.05) is 0 Å². The van der Waals surface area contributed by atoms with Crippen molar-refractivity contribution in [2.45, 2.75) is 24.9 Å². The highest BCUT2D eigenvalue weighted by Crippen LogP contribution is 2.39. The highest BCUT2D eigenvalue weighted by atomic mass is 32.1. The average molecular weight is 375 g/mol. The predicted octanol–water partition coefficient (Wildman–Crippen LogP) is 0.800. The second-order valence-corrected chi connectivity index (χ2v) is 7.50. The van der Waals surface area contributed by atoms with Gasteiger partial charge in [0.2, 0.25) is 0 Å². The predicted molar refractivity (Wildman–Crippen MR) is 88.7 cm³/mol. The molecule has 0 bridgehead atoms. The molecule has 3 heterocycles. The van der Waals surface area contributed by atoms with Crippen LogP contribution in [0, 0.1) is 0 Å². The van der Waals surface area contributed by atoms with E-state index in [2.05, 4.69) is 27.6 Å². The summed E-state index contributed by atoms with van der Waals surface area (Å²) in [7, 11) is -3.60. The summed E-state index contributed by atoms with van der Waals surface area (Å²) in [4.78, 5) is 21.6. The molecular formula is C12H18N5O5PS. The van der Waals surface area contributed by atoms with Gasteiger partial charge in [0, 0.05) is 13.1 Å². The van der Waals surface area contributed by atoms with E-state index in [0.29, 0.717) is 17.6 Å². The van der Waals surface area contributed by atoms with Crippen molar-refractivity contribution in [2.24, 2.45) is 0 Å². The third-order valence-corrected chi connectivity index (χ3v) is 4.42. The van der Waals surface area contributed by atoms with Crippen LogP contribution in [0.15, 0.2) is 12.7 Å². The van der Waals surface area contributed by atoms with Gasteiger partial charge in [0.05, 0.1) is 25.0 Å². The second-order valence-electron chi connectivity index (χ2n) is 5.38. The van der Waals surface area contributed by atoms with Crippen LogP contribution in [0.2, 0.25) is 0 Å². The first-order valence-corrected chi connectivity index (χ1v) is 9.80. The lowest BCUT2D eigenvalue weighted by Gasteiger charge is -2.18. The number of nitrogen functional groups attached to an aromatic ring is 1. The zero-order valence-electron chi connectivity index (χ0n) is 12.8. The summed E-state index contributed by atoms with van der Waals surface area (Å²) in [6.45, 7) is 1.06. The minimum absolute atomic E-state index is 0.0665. The van der Waals surface area contributed by atoms with Crippen LogP contribution in [0.25, 0.3) is 11.2 Å². The van der Waals surface area contributed by atoms with E-state index in [0.717, 1.165) is 6.66 Å². The van der Waals surface area contributed by atoms with Crippen molar-refractivity contribution >= 4 is 37.2 Å². The molecule has 1 saturated heterocycles. The van der Waals surface area contributed by atoms with Crippen molar-refractivity contribution < 1.29 is 23.5 Å². The lowest BCUT2D eigenvalue weighted by molar-refractivity contribution is -0.0495. The quantitative estimate of drug-likeness (QED) is 0.381. The lowest BCUT2D eigenvalue weighted by atomic mass is 10.2. The Morgan fingerprint density at radius 1 is 1.54 bits per heavy atom. The highest BCUT2D eigenvalue weighted by Gasteiger charge is 2.38. The number of hydrogen-bond donors (Lipinski definition) is 3. The van der Waals surface area contributed by atoms with Crippen molar-refractivity contribution in [1.29, 1.82) is 0 Å². The minimum Gasteiger partial charge on any atom is -0.382 e. The maximum atomic E-state index is 11.3. The lowest BCUT2D eigenvalue weighted by Crippen LogP contribution is -2.28. The topological polar surface area (TPSA) is 135 Å². The van der Waals surface area contributed by atoms with Gasteiger partial charge < -0.3 is 24.6 Å². The summed E-state index contributed by atoms with van der Waals surface area (Å²) >= 11 is 4.06. The molecule has 0 spiro atoms. The molecule has 1 aliphatic rings. The Hall–Kier alpha value is -1.23. The van der Waals surface area contributed by atoms with Crippen LogP contribution in [-0.2, 0) is 18.6 Å². The molecule has 1 aliphatic heterocycles. The Labute approximate surface area is 143 Å². The summed E-state index contributed by atoms with van der Waals surface area (Å²) in [5.74, 6) is 0.479. The number of rotatable bonds is 6. The van der Waals surface area contributed by atoms with E-state index in [4.69, 9.17) is 19.7 Å². The molecule has 3 rings (SSSR count). The zero-order valence-corrected chi connectivity index (χ0v) is 14.6. The van der Waals surface area contributed by atoms with Crippen LogP contribution in [0.4, 0.5) is 5.82 Å². The Balaban J connectivity index is 1.81. The van der Waals surface area contributed by atoms with E-state index in [9.17, 15) is 9.46 Å². The van der Waals surface area contributed by atoms with Gasteiger partial charge in [0.1, 0.15) is 24.2 Å². The Bertz CT molecular complexity index is 767. The molecule has 0 aromatic carbocycles. The molecule has 4 atom stereocenters. The molecule has 0 saturated carbocycles. The zero-order chi connectivity index (χ0) is 17.3. The van der Waals surface area contributed by atoms with Gasteiger partial charge in [-0.3, -0.25) is 9.13 Å². The molecule has 0 amide bonds. The van der Waals surface area contributed by atoms with Crippen LogP contribution < -0.4 is 5.73 Å². The Morgan fingerprint density at radius 2 is 2.33 bits per heavy atom. The second kappa shape index (κ2) is 6.95. The fourth-order valence-corrected chi connectivity index (χ4v) is 3.20. The van der Waals surface area contributed by atoms with Gasteiger partial charge in [-0.2, -0.15) is 12.6 Å². The molecule has 0 radical (unpaired) electrons. The molecule has 132 valence electrons. The molecule has 10 nitrogen and oxygen atoms in total. The summed E-state index contributed by atoms with van der Waals surface area (Å²) in [6, 6.07) is 0. The van der Waals surface area contributed by atoms with Crippen LogP contribution in [0.1, 0.15) is 12.6 Å². The van der Waals surface area contributed by atoms with Gasteiger partial charge in [0.15, 0.2) is 11.5 Å². The molecule has 2 unspecified atom stereocenters. The van der Waals surface area contributed by atoms with Gasteiger partial charge in [-0.05, 0) is 0 Å². The first-order chi connectivity index (χ1) is 11.4. The summed E-state index contributed by atoms with van der Waals surface area (Å²) in [5, 5.41) is 0. The third kappa shape index (κ3) is 3.71. The van der Waals surface area contributed by atoms with E-state index in [1.54, 1.807) is 10.9 Å². The van der Waals surface area contributed by atoms with E-state index in [1.807, 2.05) is 0 Å². The standard InChI is InChI=1S/C12H18N5O5PS/c1-23(18,19)21-3-8-7(20-6-24)2-9(22-8)17-5-16-10-11(13)14-4-15-12(10)17/h4-5,7-9,24H,2-3,6H2,1H3,(H,18,19)(H2,13,14,15)/t7?,8-,9-/m1/s1. The molecule has 24 heavy (non-hydrogen) atoms. The molecular weight excluding hydrogens is 357 g/mol. The number of fused-ring (bicyclic) bond motifs is 1. The van der Waals surface area contributed by atoms with Crippen LogP contribution in [0.5, 0.6) is 0 Å². The number of hydrogen-bond acceptors (Lipinski definition) is 9. The number of aromatic nitrogens is 4. The van der Waals surface area contributed by atoms with Crippen LogP contribution >= 0.6 is 20.2 Å². The van der Waals surface area contributed by atoms with Crippen molar-refractivity contribution in [2.75, 3.05) is 24.9 Å². The summed E-state index contributed by atoms with van der Waals surface area (Å²) in [6.07, 6.45) is 2.14. The number of thiol groups is 1. The SMILES string of the molecule is CP(=O)(O)OC[C@H]1O[C@@H](n2cnc3c(N)ncnc32)CC1OCS. The molecule has 2 aromatic heterocycles. The summed E-state index contributed by atoms with van der Waals surface area (Å²) < 4.78 is 29.5. The third-order valence-electron chi connectivity index (χ3n) is 3.64. The number of ether oxygens (including phenoxy) is 2. The van der Waals surface area contributed by atoms with Crippen LogP contribution in [0.3, 0.4) is 0 Å².